The molecule has 0 aliphatic heterocycles. The Labute approximate surface area is 86.4 Å². The maximum absolute atomic E-state index is 10.7. The third-order valence-electron chi connectivity index (χ3n) is 1.09. The van der Waals surface area contributed by atoms with Gasteiger partial charge in [-0.3, -0.25) is 0 Å². The van der Waals surface area contributed by atoms with Crippen molar-refractivity contribution in [1.29, 1.82) is 0 Å². The molecule has 0 heterocycles. The second-order valence-corrected chi connectivity index (χ2v) is 4.62. The normalized spacial score (nSPS) is 11.3. The minimum Gasteiger partial charge on any atom is -0.380 e. The summed E-state index contributed by atoms with van der Waals surface area (Å²) < 4.78 is 26.0. The lowest BCUT2D eigenvalue weighted by molar-refractivity contribution is 0.492. The van der Waals surface area contributed by atoms with Crippen LogP contribution < -0.4 is 4.18 Å². The zero-order valence-electron chi connectivity index (χ0n) is 6.54. The monoisotopic (exact) mass is 239 g/mol. The first-order valence-electron chi connectivity index (χ1n) is 3.15. The van der Waals surface area contributed by atoms with E-state index in [0.29, 0.717) is 0 Å². The van der Waals surface area contributed by atoms with Crippen molar-refractivity contribution in [3.8, 4) is 5.75 Å². The topological polar surface area (TPSA) is 43.4 Å². The standard InChI is InChI=1S/C7H5Cl2O3S/c1-13(10,11)12-6-4-2-3-5(8)7(6)9/h2-3H,1H3. The van der Waals surface area contributed by atoms with E-state index in [1.807, 2.05) is 0 Å². The average Bonchev–Trinajstić information content (AvgIpc) is 1.96. The highest BCUT2D eigenvalue weighted by Gasteiger charge is 2.10. The first kappa shape index (κ1) is 10.6. The van der Waals surface area contributed by atoms with Gasteiger partial charge in [0, 0.05) is 6.07 Å². The largest absolute Gasteiger partial charge is 0.380 e. The number of halogens is 2. The minimum atomic E-state index is -3.59. The van der Waals surface area contributed by atoms with Crippen LogP contribution in [0, 0.1) is 6.07 Å². The minimum absolute atomic E-state index is 0.0367. The fraction of sp³-hybridized carbons (Fsp3) is 0.143. The fourth-order valence-electron chi connectivity index (χ4n) is 0.648. The molecule has 71 valence electrons. The van der Waals surface area contributed by atoms with Crippen LogP contribution in [0.5, 0.6) is 5.75 Å². The molecule has 0 bridgehead atoms. The molecule has 6 heteroatoms. The van der Waals surface area contributed by atoms with E-state index in [0.717, 1.165) is 6.26 Å². The molecule has 0 amide bonds. The van der Waals surface area contributed by atoms with Crippen molar-refractivity contribution in [3.05, 3.63) is 28.2 Å². The Kier molecular flexibility index (Phi) is 3.05. The van der Waals surface area contributed by atoms with Crippen molar-refractivity contribution in [1.82, 2.24) is 0 Å². The molecule has 0 atom stereocenters. The summed E-state index contributed by atoms with van der Waals surface area (Å²) in [5.41, 5.74) is 0. The van der Waals surface area contributed by atoms with Gasteiger partial charge in [-0.1, -0.05) is 23.2 Å². The van der Waals surface area contributed by atoms with E-state index in [9.17, 15) is 8.42 Å². The SMILES string of the molecule is CS(=O)(=O)Oc1[c]ccc(Cl)c1Cl. The first-order valence-corrected chi connectivity index (χ1v) is 5.72. The van der Waals surface area contributed by atoms with Crippen LogP contribution in [0.1, 0.15) is 0 Å². The van der Waals surface area contributed by atoms with Crippen LogP contribution in [0.25, 0.3) is 0 Å². The van der Waals surface area contributed by atoms with Gasteiger partial charge in [-0.2, -0.15) is 8.42 Å². The van der Waals surface area contributed by atoms with E-state index >= 15 is 0 Å². The molecule has 1 rings (SSSR count). The lowest BCUT2D eigenvalue weighted by atomic mass is 10.3. The van der Waals surface area contributed by atoms with E-state index in [4.69, 9.17) is 23.2 Å². The zero-order valence-corrected chi connectivity index (χ0v) is 8.87. The molecule has 0 spiro atoms. The van der Waals surface area contributed by atoms with Gasteiger partial charge in [-0.25, -0.2) is 0 Å². The van der Waals surface area contributed by atoms with Crippen molar-refractivity contribution >= 4 is 33.3 Å². The van der Waals surface area contributed by atoms with Gasteiger partial charge in [0.05, 0.1) is 11.3 Å². The van der Waals surface area contributed by atoms with Gasteiger partial charge < -0.3 is 4.18 Å². The van der Waals surface area contributed by atoms with Crippen molar-refractivity contribution in [3.63, 3.8) is 0 Å². The van der Waals surface area contributed by atoms with Crippen LogP contribution in [0.3, 0.4) is 0 Å². The molecule has 13 heavy (non-hydrogen) atoms. The summed E-state index contributed by atoms with van der Waals surface area (Å²) in [5, 5.41) is 0.258. The van der Waals surface area contributed by atoms with Crippen LogP contribution in [0.2, 0.25) is 10.0 Å². The zero-order chi connectivity index (χ0) is 10.1. The second-order valence-electron chi connectivity index (χ2n) is 2.26. The predicted molar refractivity (Wildman–Crippen MR) is 50.8 cm³/mol. The molecule has 0 aliphatic carbocycles. The fourth-order valence-corrected chi connectivity index (χ4v) is 1.43. The van der Waals surface area contributed by atoms with Crippen LogP contribution in [0.15, 0.2) is 12.1 Å². The van der Waals surface area contributed by atoms with Gasteiger partial charge >= 0.3 is 10.1 Å². The summed E-state index contributed by atoms with van der Waals surface area (Å²) in [6.45, 7) is 0. The molecule has 3 nitrogen and oxygen atoms in total. The van der Waals surface area contributed by atoms with Gasteiger partial charge in [-0.05, 0) is 12.1 Å². The van der Waals surface area contributed by atoms with Crippen molar-refractivity contribution in [2.75, 3.05) is 6.26 Å². The molecule has 1 aromatic carbocycles. The summed E-state index contributed by atoms with van der Waals surface area (Å²) in [7, 11) is -3.59. The molecule has 1 radical (unpaired) electrons. The number of rotatable bonds is 2. The summed E-state index contributed by atoms with van der Waals surface area (Å²) >= 11 is 11.3. The molecule has 0 aromatic heterocycles. The third-order valence-corrected chi connectivity index (χ3v) is 2.34. The average molecular weight is 240 g/mol. The van der Waals surface area contributed by atoms with E-state index in [1.54, 1.807) is 0 Å². The van der Waals surface area contributed by atoms with Crippen LogP contribution >= 0.6 is 23.2 Å². The predicted octanol–water partition coefficient (Wildman–Crippen LogP) is 2.13. The molecule has 0 fully saturated rings. The van der Waals surface area contributed by atoms with Crippen molar-refractivity contribution < 1.29 is 12.6 Å². The summed E-state index contributed by atoms with van der Waals surface area (Å²) in [6, 6.07) is 5.43. The molecule has 0 unspecified atom stereocenters. The molecule has 0 saturated heterocycles. The van der Waals surface area contributed by atoms with E-state index < -0.39 is 10.1 Å². The van der Waals surface area contributed by atoms with Gasteiger partial charge in [0.1, 0.15) is 5.02 Å². The second kappa shape index (κ2) is 3.74. The van der Waals surface area contributed by atoms with E-state index in [-0.39, 0.29) is 15.8 Å². The highest BCUT2D eigenvalue weighted by Crippen LogP contribution is 2.31. The van der Waals surface area contributed by atoms with Gasteiger partial charge in [0.25, 0.3) is 0 Å². The van der Waals surface area contributed by atoms with Gasteiger partial charge in [0.15, 0.2) is 5.75 Å². The lowest BCUT2D eigenvalue weighted by Crippen LogP contribution is -2.06. The molecule has 0 saturated carbocycles. The van der Waals surface area contributed by atoms with Gasteiger partial charge in [0.2, 0.25) is 0 Å². The molecular weight excluding hydrogens is 235 g/mol. The Morgan fingerprint density at radius 1 is 1.46 bits per heavy atom. The maximum atomic E-state index is 10.7. The smallest absolute Gasteiger partial charge is 0.306 e. The van der Waals surface area contributed by atoms with Gasteiger partial charge in [-0.15, -0.1) is 0 Å². The number of hydrogen-bond donors (Lipinski definition) is 0. The van der Waals surface area contributed by atoms with Crippen LogP contribution in [-0.4, -0.2) is 14.7 Å². The third kappa shape index (κ3) is 3.06. The van der Waals surface area contributed by atoms with Crippen LogP contribution in [-0.2, 0) is 10.1 Å². The summed E-state index contributed by atoms with van der Waals surface area (Å²) in [6.07, 6.45) is 0.915. The lowest BCUT2D eigenvalue weighted by Gasteiger charge is -2.04. The Morgan fingerprint density at radius 3 is 2.62 bits per heavy atom. The Balaban J connectivity index is 3.10. The highest BCUT2D eigenvalue weighted by atomic mass is 35.5. The van der Waals surface area contributed by atoms with E-state index in [2.05, 4.69) is 10.2 Å². The number of benzene rings is 1. The summed E-state index contributed by atoms with van der Waals surface area (Å²) in [4.78, 5) is 0. The Hall–Kier alpha value is -0.450. The summed E-state index contributed by atoms with van der Waals surface area (Å²) in [5.74, 6) is -0.0864. The first-order chi connectivity index (χ1) is 5.90. The molecular formula is C7H5Cl2O3S. The molecule has 1 aromatic rings. The molecule has 0 aliphatic rings. The Morgan fingerprint density at radius 2 is 2.08 bits per heavy atom. The Bertz CT molecular complexity index is 414. The maximum Gasteiger partial charge on any atom is 0.306 e. The van der Waals surface area contributed by atoms with Crippen LogP contribution in [0.4, 0.5) is 0 Å². The van der Waals surface area contributed by atoms with E-state index in [1.165, 1.54) is 12.1 Å². The highest BCUT2D eigenvalue weighted by molar-refractivity contribution is 7.86. The van der Waals surface area contributed by atoms with Crippen molar-refractivity contribution in [2.24, 2.45) is 0 Å². The molecule has 0 N–H and O–H groups in total. The number of hydrogen-bond acceptors (Lipinski definition) is 3. The quantitative estimate of drug-likeness (QED) is 0.743. The van der Waals surface area contributed by atoms with Crippen molar-refractivity contribution in [2.45, 2.75) is 0 Å².